The van der Waals surface area contributed by atoms with E-state index in [2.05, 4.69) is 13.8 Å². The fraction of sp³-hybridized carbons (Fsp3) is 0.368. The molecule has 0 saturated heterocycles. The summed E-state index contributed by atoms with van der Waals surface area (Å²) in [4.78, 5) is 0. The van der Waals surface area contributed by atoms with Gasteiger partial charge in [-0.2, -0.15) is 0 Å². The number of hydrogen-bond acceptors (Lipinski definition) is 2. The molecule has 0 aliphatic rings. The van der Waals surface area contributed by atoms with Gasteiger partial charge in [-0.1, -0.05) is 32.4 Å². The molecule has 0 saturated carbocycles. The van der Waals surface area contributed by atoms with Crippen LogP contribution in [-0.4, -0.2) is 11.7 Å². The maximum absolute atomic E-state index is 13.8. The third-order valence-electron chi connectivity index (χ3n) is 3.92. The second-order valence-corrected chi connectivity index (χ2v) is 5.69. The van der Waals surface area contributed by atoms with Crippen LogP contribution in [0, 0.1) is 11.7 Å². The van der Waals surface area contributed by atoms with E-state index in [4.69, 9.17) is 4.74 Å². The lowest BCUT2D eigenvalue weighted by Crippen LogP contribution is -2.00. The van der Waals surface area contributed by atoms with Gasteiger partial charge in [-0.15, -0.1) is 0 Å². The summed E-state index contributed by atoms with van der Waals surface area (Å²) < 4.78 is 19.5. The van der Waals surface area contributed by atoms with E-state index in [0.717, 1.165) is 29.7 Å². The van der Waals surface area contributed by atoms with Crippen LogP contribution in [0.2, 0.25) is 0 Å². The van der Waals surface area contributed by atoms with E-state index in [9.17, 15) is 9.50 Å². The highest BCUT2D eigenvalue weighted by atomic mass is 19.1. The molecule has 1 N–H and O–H groups in total. The van der Waals surface area contributed by atoms with Crippen molar-refractivity contribution in [2.45, 2.75) is 33.1 Å². The number of phenols is 1. The molecule has 0 aliphatic carbocycles. The standard InChI is InChI=1S/C19H23FO2/c1-3-14(2)5-4-12-22-17-9-6-15(7-10-17)18-11-8-16(21)13-19(18)20/h6-11,13-14,21H,3-5,12H2,1-2H3/t14-/m0/s1. The molecule has 0 unspecified atom stereocenters. The molecule has 118 valence electrons. The monoisotopic (exact) mass is 302 g/mol. The Bertz CT molecular complexity index is 593. The van der Waals surface area contributed by atoms with Crippen LogP contribution in [0.4, 0.5) is 4.39 Å². The van der Waals surface area contributed by atoms with Gasteiger partial charge in [0, 0.05) is 11.6 Å². The zero-order valence-electron chi connectivity index (χ0n) is 13.2. The van der Waals surface area contributed by atoms with Gasteiger partial charge in [0.1, 0.15) is 17.3 Å². The molecule has 22 heavy (non-hydrogen) atoms. The summed E-state index contributed by atoms with van der Waals surface area (Å²) in [5.74, 6) is 1.04. The lowest BCUT2D eigenvalue weighted by atomic mass is 10.0. The molecule has 2 aromatic rings. The van der Waals surface area contributed by atoms with Gasteiger partial charge < -0.3 is 9.84 Å². The summed E-state index contributed by atoms with van der Waals surface area (Å²) in [6, 6.07) is 11.5. The minimum Gasteiger partial charge on any atom is -0.508 e. The van der Waals surface area contributed by atoms with Crippen LogP contribution in [0.25, 0.3) is 11.1 Å². The lowest BCUT2D eigenvalue weighted by Gasteiger charge is -2.10. The van der Waals surface area contributed by atoms with Gasteiger partial charge in [0.2, 0.25) is 0 Å². The molecular formula is C19H23FO2. The number of hydrogen-bond donors (Lipinski definition) is 1. The highest BCUT2D eigenvalue weighted by Gasteiger charge is 2.06. The van der Waals surface area contributed by atoms with Crippen molar-refractivity contribution in [3.8, 4) is 22.6 Å². The van der Waals surface area contributed by atoms with Crippen LogP contribution >= 0.6 is 0 Å². The molecule has 2 aromatic carbocycles. The van der Waals surface area contributed by atoms with Gasteiger partial charge in [-0.3, -0.25) is 0 Å². The average Bonchev–Trinajstić information content (AvgIpc) is 2.52. The van der Waals surface area contributed by atoms with Crippen molar-refractivity contribution in [3.05, 3.63) is 48.3 Å². The first-order chi connectivity index (χ1) is 10.6. The van der Waals surface area contributed by atoms with Crippen molar-refractivity contribution in [3.63, 3.8) is 0 Å². The molecule has 0 fully saturated rings. The topological polar surface area (TPSA) is 29.5 Å². The quantitative estimate of drug-likeness (QED) is 0.693. The van der Waals surface area contributed by atoms with Crippen LogP contribution in [0.3, 0.4) is 0 Å². The summed E-state index contributed by atoms with van der Waals surface area (Å²) in [5, 5.41) is 9.25. The zero-order valence-corrected chi connectivity index (χ0v) is 13.2. The summed E-state index contributed by atoms with van der Waals surface area (Å²) in [6.07, 6.45) is 3.42. The number of phenolic OH excluding ortho intramolecular Hbond substituents is 1. The summed E-state index contributed by atoms with van der Waals surface area (Å²) in [7, 11) is 0. The molecule has 0 spiro atoms. The van der Waals surface area contributed by atoms with E-state index in [1.807, 2.05) is 24.3 Å². The van der Waals surface area contributed by atoms with Crippen molar-refractivity contribution in [2.75, 3.05) is 6.61 Å². The van der Waals surface area contributed by atoms with Crippen molar-refractivity contribution in [2.24, 2.45) is 5.92 Å². The Kier molecular flexibility index (Phi) is 5.82. The Hall–Kier alpha value is -2.03. The van der Waals surface area contributed by atoms with Gasteiger partial charge in [-0.05, 0) is 48.6 Å². The zero-order chi connectivity index (χ0) is 15.9. The minimum absolute atomic E-state index is 0.0671. The second kappa shape index (κ2) is 7.83. The molecule has 0 amide bonds. The third kappa shape index (κ3) is 4.48. The molecule has 1 atom stereocenters. The molecule has 0 aromatic heterocycles. The summed E-state index contributed by atoms with van der Waals surface area (Å²) in [5.41, 5.74) is 1.24. The largest absolute Gasteiger partial charge is 0.508 e. The van der Waals surface area contributed by atoms with E-state index in [-0.39, 0.29) is 5.75 Å². The Balaban J connectivity index is 1.93. The summed E-state index contributed by atoms with van der Waals surface area (Å²) >= 11 is 0. The first-order valence-electron chi connectivity index (χ1n) is 7.82. The fourth-order valence-electron chi connectivity index (χ4n) is 2.29. The predicted molar refractivity (Wildman–Crippen MR) is 87.7 cm³/mol. The number of halogens is 1. The van der Waals surface area contributed by atoms with Gasteiger partial charge in [0.05, 0.1) is 6.61 Å². The predicted octanol–water partition coefficient (Wildman–Crippen LogP) is 5.40. The normalized spacial score (nSPS) is 12.1. The molecule has 0 bridgehead atoms. The number of benzene rings is 2. The van der Waals surface area contributed by atoms with Crippen LogP contribution in [-0.2, 0) is 0 Å². The number of rotatable bonds is 7. The lowest BCUT2D eigenvalue weighted by molar-refractivity contribution is 0.294. The Labute approximate surface area is 131 Å². The molecule has 0 aliphatic heterocycles. The molecule has 3 heteroatoms. The van der Waals surface area contributed by atoms with Gasteiger partial charge in [-0.25, -0.2) is 4.39 Å². The van der Waals surface area contributed by atoms with Crippen molar-refractivity contribution in [1.29, 1.82) is 0 Å². The van der Waals surface area contributed by atoms with E-state index >= 15 is 0 Å². The smallest absolute Gasteiger partial charge is 0.134 e. The van der Waals surface area contributed by atoms with Gasteiger partial charge in [0.25, 0.3) is 0 Å². The Morgan fingerprint density at radius 3 is 2.50 bits per heavy atom. The Morgan fingerprint density at radius 1 is 1.14 bits per heavy atom. The summed E-state index contributed by atoms with van der Waals surface area (Å²) in [6.45, 7) is 5.16. The van der Waals surface area contributed by atoms with Gasteiger partial charge >= 0.3 is 0 Å². The average molecular weight is 302 g/mol. The first kappa shape index (κ1) is 16.3. The fourth-order valence-corrected chi connectivity index (χ4v) is 2.29. The molecule has 0 radical (unpaired) electrons. The van der Waals surface area contributed by atoms with Crippen molar-refractivity contribution in [1.82, 2.24) is 0 Å². The molecule has 0 heterocycles. The maximum Gasteiger partial charge on any atom is 0.134 e. The van der Waals surface area contributed by atoms with E-state index < -0.39 is 5.82 Å². The highest BCUT2D eigenvalue weighted by Crippen LogP contribution is 2.27. The SMILES string of the molecule is CC[C@H](C)CCCOc1ccc(-c2ccc(O)cc2F)cc1. The van der Waals surface area contributed by atoms with Crippen LogP contribution < -0.4 is 4.74 Å². The molecule has 2 rings (SSSR count). The van der Waals surface area contributed by atoms with Crippen molar-refractivity contribution < 1.29 is 14.2 Å². The van der Waals surface area contributed by atoms with E-state index in [1.165, 1.54) is 18.9 Å². The van der Waals surface area contributed by atoms with Crippen LogP contribution in [0.15, 0.2) is 42.5 Å². The third-order valence-corrected chi connectivity index (χ3v) is 3.92. The van der Waals surface area contributed by atoms with Crippen LogP contribution in [0.1, 0.15) is 33.1 Å². The maximum atomic E-state index is 13.8. The Morgan fingerprint density at radius 2 is 1.86 bits per heavy atom. The highest BCUT2D eigenvalue weighted by molar-refractivity contribution is 5.65. The van der Waals surface area contributed by atoms with Crippen LogP contribution in [0.5, 0.6) is 11.5 Å². The second-order valence-electron chi connectivity index (χ2n) is 5.69. The number of aromatic hydroxyl groups is 1. The number of ether oxygens (including phenoxy) is 1. The first-order valence-corrected chi connectivity index (χ1v) is 7.82. The van der Waals surface area contributed by atoms with E-state index in [1.54, 1.807) is 6.07 Å². The molecular weight excluding hydrogens is 279 g/mol. The minimum atomic E-state index is -0.428. The van der Waals surface area contributed by atoms with Gasteiger partial charge in [0.15, 0.2) is 0 Å². The van der Waals surface area contributed by atoms with E-state index in [0.29, 0.717) is 12.2 Å². The molecule has 2 nitrogen and oxygen atoms in total. The van der Waals surface area contributed by atoms with Crippen molar-refractivity contribution >= 4 is 0 Å².